The molecule has 1 amide bonds. The van der Waals surface area contributed by atoms with Gasteiger partial charge >= 0.3 is 19.0 Å². The first kappa shape index (κ1) is 31.0. The summed E-state index contributed by atoms with van der Waals surface area (Å²) >= 11 is 0. The van der Waals surface area contributed by atoms with Crippen molar-refractivity contribution in [2.24, 2.45) is 0 Å². The molecule has 0 aliphatic rings. The van der Waals surface area contributed by atoms with Gasteiger partial charge in [-0.15, -0.1) is 0 Å². The third kappa shape index (κ3) is 7.75. The number of esters is 1. The van der Waals surface area contributed by atoms with Crippen molar-refractivity contribution in [1.82, 2.24) is 5.32 Å². The molecule has 3 aromatic rings. The van der Waals surface area contributed by atoms with Gasteiger partial charge in [0.05, 0.1) is 11.5 Å². The highest BCUT2D eigenvalue weighted by atomic mass is 31.2. The zero-order valence-corrected chi connectivity index (χ0v) is 23.8. The number of halogens is 3. The Labute approximate surface area is 234 Å². The number of amides is 1. The zero-order valence-electron chi connectivity index (χ0n) is 22.9. The maximum absolute atomic E-state index is 14.5. The fraction of sp³-hybridized carbons (Fsp3) is 0.267. The van der Waals surface area contributed by atoms with Crippen molar-refractivity contribution in [2.45, 2.75) is 38.8 Å². The van der Waals surface area contributed by atoms with Crippen molar-refractivity contribution in [2.75, 3.05) is 12.8 Å². The van der Waals surface area contributed by atoms with Crippen molar-refractivity contribution in [1.29, 1.82) is 0 Å². The van der Waals surface area contributed by atoms with E-state index < -0.39 is 43.4 Å². The van der Waals surface area contributed by atoms with Gasteiger partial charge in [0.15, 0.2) is 0 Å². The molecule has 0 aliphatic heterocycles. The number of rotatable bonds is 11. The third-order valence-electron chi connectivity index (χ3n) is 6.17. The number of carbonyl (C=O) groups is 2. The number of nitrogens with one attached hydrogen (secondary N) is 1. The van der Waals surface area contributed by atoms with E-state index in [1.807, 2.05) is 36.4 Å². The van der Waals surface area contributed by atoms with E-state index in [1.165, 1.54) is 18.2 Å². The number of benzene rings is 3. The minimum atomic E-state index is -5.35. The average Bonchev–Trinajstić information content (AvgIpc) is 2.91. The second-order valence-electron chi connectivity index (χ2n) is 10.2. The van der Waals surface area contributed by atoms with Crippen LogP contribution in [0.15, 0.2) is 97.6 Å². The van der Waals surface area contributed by atoms with E-state index in [1.54, 1.807) is 51.1 Å². The lowest BCUT2D eigenvalue weighted by Gasteiger charge is -2.33. The molecule has 0 aliphatic carbocycles. The first-order valence-corrected chi connectivity index (χ1v) is 14.9. The molecule has 0 radical (unpaired) electrons. The molecule has 1 unspecified atom stereocenters. The molecule has 1 N–H and O–H groups in total. The van der Waals surface area contributed by atoms with Crippen molar-refractivity contribution in [3.63, 3.8) is 0 Å². The molecule has 212 valence electrons. The SMILES string of the molecule is C=CCOC(=O)C(CC[P+](c1ccccc1)(c1ccccc1)c1ccccc1[B-](F)(F)F)NC(=O)OC(C)(C)C. The molecule has 0 saturated carbocycles. The van der Waals surface area contributed by atoms with Gasteiger partial charge in [0.25, 0.3) is 0 Å². The standard InChI is InChI=1S/C30H34BF3NO4P/c1-5-21-38-28(36)26(35-29(37)39-30(2,3)4)20-22-40(23-14-8-6-9-15-23,24-16-10-7-11-17-24)27-19-13-12-18-25(27)31(32,33)34/h5-19,26H,1,20-22H2,2-4H3,(H,35,37). The molecular formula is C30H34BF3NO4P. The summed E-state index contributed by atoms with van der Waals surface area (Å²) in [6.45, 7) is 3.18. The van der Waals surface area contributed by atoms with Gasteiger partial charge in [0.1, 0.15) is 36.1 Å². The second-order valence-corrected chi connectivity index (χ2v) is 13.8. The van der Waals surface area contributed by atoms with Crippen molar-refractivity contribution in [3.05, 3.63) is 97.6 Å². The predicted octanol–water partition coefficient (Wildman–Crippen LogP) is 5.05. The van der Waals surface area contributed by atoms with Crippen LogP contribution in [-0.4, -0.2) is 43.5 Å². The Kier molecular flexibility index (Phi) is 10.2. The quantitative estimate of drug-likeness (QED) is 0.152. The van der Waals surface area contributed by atoms with Gasteiger partial charge < -0.3 is 27.7 Å². The van der Waals surface area contributed by atoms with Crippen LogP contribution in [0.2, 0.25) is 0 Å². The van der Waals surface area contributed by atoms with Crippen LogP contribution in [0.25, 0.3) is 0 Å². The lowest BCUT2D eigenvalue weighted by molar-refractivity contribution is -0.145. The summed E-state index contributed by atoms with van der Waals surface area (Å²) in [5.74, 6) is -0.724. The zero-order chi connectivity index (χ0) is 29.4. The molecule has 5 nitrogen and oxygen atoms in total. The molecule has 1 atom stereocenters. The highest BCUT2D eigenvalue weighted by Crippen LogP contribution is 2.56. The fourth-order valence-electron chi connectivity index (χ4n) is 4.55. The average molecular weight is 571 g/mol. The van der Waals surface area contributed by atoms with E-state index in [-0.39, 0.29) is 24.5 Å². The van der Waals surface area contributed by atoms with Crippen molar-refractivity contribution >= 4 is 47.7 Å². The van der Waals surface area contributed by atoms with Crippen LogP contribution >= 0.6 is 7.26 Å². The van der Waals surface area contributed by atoms with Gasteiger partial charge in [-0.1, -0.05) is 72.7 Å². The molecule has 0 spiro atoms. The normalized spacial score (nSPS) is 12.8. The van der Waals surface area contributed by atoms with Gasteiger partial charge in [-0.3, -0.25) is 0 Å². The van der Waals surface area contributed by atoms with Gasteiger partial charge in [-0.2, -0.15) is 0 Å². The first-order valence-electron chi connectivity index (χ1n) is 12.9. The summed E-state index contributed by atoms with van der Waals surface area (Å²) in [5, 5.41) is 4.21. The Balaban J connectivity index is 2.19. The maximum Gasteiger partial charge on any atom is 0.513 e. The predicted molar refractivity (Wildman–Crippen MR) is 158 cm³/mol. The summed E-state index contributed by atoms with van der Waals surface area (Å²) in [4.78, 5) is 25.7. The Morgan fingerprint density at radius 3 is 1.95 bits per heavy atom. The summed E-state index contributed by atoms with van der Waals surface area (Å²) < 4.78 is 54.2. The second kappa shape index (κ2) is 13.2. The van der Waals surface area contributed by atoms with Crippen LogP contribution in [0.1, 0.15) is 27.2 Å². The van der Waals surface area contributed by atoms with Crippen LogP contribution in [0.4, 0.5) is 17.7 Å². The van der Waals surface area contributed by atoms with E-state index in [0.717, 1.165) is 16.7 Å². The van der Waals surface area contributed by atoms with Gasteiger partial charge in [-0.25, -0.2) is 9.59 Å². The Bertz CT molecular complexity index is 1260. The maximum atomic E-state index is 14.5. The molecular weight excluding hydrogens is 537 g/mol. The molecule has 3 rings (SSSR count). The summed E-state index contributed by atoms with van der Waals surface area (Å²) in [7, 11) is -3.02. The summed E-state index contributed by atoms with van der Waals surface area (Å²) in [6, 6.07) is 22.6. The molecule has 0 heterocycles. The number of hydrogen-bond acceptors (Lipinski definition) is 4. The minimum absolute atomic E-state index is 0.00593. The van der Waals surface area contributed by atoms with E-state index in [2.05, 4.69) is 11.9 Å². The fourth-order valence-corrected chi connectivity index (χ4v) is 9.17. The van der Waals surface area contributed by atoms with Gasteiger partial charge in [-0.05, 0) is 51.1 Å². The van der Waals surface area contributed by atoms with Gasteiger partial charge in [0.2, 0.25) is 0 Å². The summed E-state index contributed by atoms with van der Waals surface area (Å²) in [5.41, 5.74) is -1.49. The lowest BCUT2D eigenvalue weighted by Crippen LogP contribution is -2.50. The molecule has 10 heteroatoms. The van der Waals surface area contributed by atoms with E-state index in [0.29, 0.717) is 0 Å². The van der Waals surface area contributed by atoms with Crippen LogP contribution in [-0.2, 0) is 14.3 Å². The van der Waals surface area contributed by atoms with E-state index in [9.17, 15) is 22.5 Å². The Hall–Kier alpha value is -3.58. The van der Waals surface area contributed by atoms with Crippen LogP contribution in [0.3, 0.4) is 0 Å². The molecule has 0 bridgehead atoms. The Morgan fingerprint density at radius 1 is 0.925 bits per heavy atom. The topological polar surface area (TPSA) is 64.6 Å². The minimum Gasteiger partial charge on any atom is -0.460 e. The Morgan fingerprint density at radius 2 is 1.45 bits per heavy atom. The van der Waals surface area contributed by atoms with Crippen molar-refractivity contribution in [3.8, 4) is 0 Å². The highest BCUT2D eigenvalue weighted by molar-refractivity contribution is 7.96. The number of alkyl carbamates (subject to hydrolysis) is 1. The number of carbonyl (C=O) groups excluding carboxylic acids is 2. The number of ether oxygens (including phenoxy) is 2. The van der Waals surface area contributed by atoms with Crippen LogP contribution < -0.4 is 26.7 Å². The smallest absolute Gasteiger partial charge is 0.460 e. The van der Waals surface area contributed by atoms with Gasteiger partial charge in [0, 0.05) is 6.42 Å². The molecule has 0 fully saturated rings. The molecule has 0 aromatic heterocycles. The largest absolute Gasteiger partial charge is 0.513 e. The van der Waals surface area contributed by atoms with E-state index in [4.69, 9.17) is 9.47 Å². The summed E-state index contributed by atoms with van der Waals surface area (Å²) in [6.07, 6.45) is 0.727. The molecule has 0 saturated heterocycles. The van der Waals surface area contributed by atoms with E-state index >= 15 is 0 Å². The van der Waals surface area contributed by atoms with Crippen LogP contribution in [0.5, 0.6) is 0 Å². The highest BCUT2D eigenvalue weighted by Gasteiger charge is 2.49. The third-order valence-corrected chi connectivity index (χ3v) is 10.7. The lowest BCUT2D eigenvalue weighted by atomic mass is 9.80. The first-order chi connectivity index (χ1) is 18.9. The van der Waals surface area contributed by atoms with Crippen molar-refractivity contribution < 1.29 is 32.0 Å². The molecule has 3 aromatic carbocycles. The monoisotopic (exact) mass is 571 g/mol. The van der Waals surface area contributed by atoms with Crippen LogP contribution in [0, 0.1) is 0 Å². The number of hydrogen-bond donors (Lipinski definition) is 1. The molecule has 40 heavy (non-hydrogen) atoms.